The van der Waals surface area contributed by atoms with E-state index in [-0.39, 0.29) is 6.04 Å². The second-order valence-corrected chi connectivity index (χ2v) is 5.70. The van der Waals surface area contributed by atoms with Gasteiger partial charge in [-0.05, 0) is 26.2 Å². The summed E-state index contributed by atoms with van der Waals surface area (Å²) in [6.45, 7) is 2.01. The molecule has 1 aromatic rings. The smallest absolute Gasteiger partial charge is 0.0986 e. The number of aromatic nitrogens is 1. The maximum Gasteiger partial charge on any atom is 0.0986 e. The van der Waals surface area contributed by atoms with Crippen molar-refractivity contribution in [2.24, 2.45) is 5.73 Å². The molecule has 2 bridgehead atoms. The third-order valence-electron chi connectivity index (χ3n) is 3.41. The quantitative estimate of drug-likeness (QED) is 0.837. The molecular weight excluding hydrogens is 208 g/mol. The minimum absolute atomic E-state index is 0.107. The summed E-state index contributed by atoms with van der Waals surface area (Å²) in [4.78, 5) is 5.68. The average Bonchev–Trinajstić information content (AvgIpc) is 2.93. The molecule has 82 valence electrons. The number of nitrogens with zero attached hydrogens (tertiary/aromatic N) is 1. The highest BCUT2D eigenvalue weighted by Crippen LogP contribution is 2.45. The molecule has 1 aromatic heterocycles. The van der Waals surface area contributed by atoms with Crippen LogP contribution >= 0.6 is 11.3 Å². The molecule has 3 rings (SSSR count). The van der Waals surface area contributed by atoms with Crippen LogP contribution in [0.25, 0.3) is 0 Å². The zero-order valence-corrected chi connectivity index (χ0v) is 9.67. The summed E-state index contributed by atoms with van der Waals surface area (Å²) in [7, 11) is 0. The van der Waals surface area contributed by atoms with E-state index in [0.29, 0.717) is 18.1 Å². The molecule has 2 aliphatic heterocycles. The van der Waals surface area contributed by atoms with Crippen LogP contribution < -0.4 is 5.73 Å². The molecule has 0 aromatic carbocycles. The Balaban J connectivity index is 1.81. The summed E-state index contributed by atoms with van der Waals surface area (Å²) in [5.41, 5.74) is 5.84. The van der Waals surface area contributed by atoms with Gasteiger partial charge in [0.25, 0.3) is 0 Å². The third-order valence-corrected chi connectivity index (χ3v) is 4.74. The summed E-state index contributed by atoms with van der Waals surface area (Å²) in [5, 5.41) is 1.23. The highest BCUT2D eigenvalue weighted by atomic mass is 32.1. The molecule has 15 heavy (non-hydrogen) atoms. The Bertz CT molecular complexity index is 363. The first-order valence-corrected chi connectivity index (χ1v) is 6.42. The van der Waals surface area contributed by atoms with Crippen LogP contribution in [0.2, 0.25) is 0 Å². The van der Waals surface area contributed by atoms with E-state index in [0.717, 1.165) is 6.42 Å². The molecule has 3 nitrogen and oxygen atoms in total. The van der Waals surface area contributed by atoms with Gasteiger partial charge >= 0.3 is 0 Å². The molecule has 2 aliphatic rings. The van der Waals surface area contributed by atoms with Gasteiger partial charge in [0, 0.05) is 23.0 Å². The fourth-order valence-electron chi connectivity index (χ4n) is 2.58. The van der Waals surface area contributed by atoms with E-state index in [1.54, 1.807) is 11.3 Å². The Morgan fingerprint density at radius 2 is 2.47 bits per heavy atom. The maximum absolute atomic E-state index is 5.84. The maximum atomic E-state index is 5.84. The number of ether oxygens (including phenoxy) is 1. The van der Waals surface area contributed by atoms with Crippen LogP contribution in [0.15, 0.2) is 6.20 Å². The van der Waals surface area contributed by atoms with Crippen molar-refractivity contribution < 1.29 is 4.74 Å². The first-order valence-electron chi connectivity index (χ1n) is 5.60. The largest absolute Gasteiger partial charge is 0.374 e. The van der Waals surface area contributed by atoms with Crippen molar-refractivity contribution in [3.05, 3.63) is 16.1 Å². The average molecular weight is 224 g/mol. The Hall–Kier alpha value is -0.450. The van der Waals surface area contributed by atoms with Gasteiger partial charge in [0.15, 0.2) is 0 Å². The van der Waals surface area contributed by atoms with E-state index in [4.69, 9.17) is 10.5 Å². The first-order chi connectivity index (χ1) is 7.24. The lowest BCUT2D eigenvalue weighted by Crippen LogP contribution is -2.13. The fraction of sp³-hybridized carbons (Fsp3) is 0.727. The first kappa shape index (κ1) is 9.75. The van der Waals surface area contributed by atoms with E-state index >= 15 is 0 Å². The number of hydrogen-bond acceptors (Lipinski definition) is 4. The molecule has 2 fully saturated rings. The van der Waals surface area contributed by atoms with Crippen LogP contribution in [0.3, 0.4) is 0 Å². The van der Waals surface area contributed by atoms with E-state index in [9.17, 15) is 0 Å². The van der Waals surface area contributed by atoms with Gasteiger partial charge in [-0.3, -0.25) is 0 Å². The molecule has 0 radical (unpaired) electrons. The lowest BCUT2D eigenvalue weighted by molar-refractivity contribution is 0.101. The molecular formula is C11H16N2OS. The second-order valence-electron chi connectivity index (χ2n) is 4.61. The Morgan fingerprint density at radius 3 is 3.00 bits per heavy atom. The molecule has 0 spiro atoms. The molecule has 4 unspecified atom stereocenters. The van der Waals surface area contributed by atoms with Gasteiger partial charge in [-0.2, -0.15) is 0 Å². The van der Waals surface area contributed by atoms with Crippen molar-refractivity contribution in [1.29, 1.82) is 0 Å². The predicted molar refractivity (Wildman–Crippen MR) is 60.0 cm³/mol. The SMILES string of the molecule is CC(N)c1cnc(C2CC3CCC2O3)s1. The standard InChI is InChI=1S/C11H16N2OS/c1-6(12)10-5-13-11(15-10)8-4-7-2-3-9(8)14-7/h5-9H,2-4,12H2,1H3. The van der Waals surface area contributed by atoms with E-state index in [1.165, 1.54) is 22.7 Å². The monoisotopic (exact) mass is 224 g/mol. The van der Waals surface area contributed by atoms with Crippen LogP contribution in [0.4, 0.5) is 0 Å². The second kappa shape index (κ2) is 3.54. The van der Waals surface area contributed by atoms with Crippen molar-refractivity contribution in [2.75, 3.05) is 0 Å². The molecule has 0 saturated carbocycles. The zero-order valence-electron chi connectivity index (χ0n) is 8.85. The number of nitrogens with two attached hydrogens (primary N) is 1. The Morgan fingerprint density at radius 1 is 1.60 bits per heavy atom. The summed E-state index contributed by atoms with van der Waals surface area (Å²) in [6, 6.07) is 0.107. The third kappa shape index (κ3) is 1.61. The van der Waals surface area contributed by atoms with Gasteiger partial charge in [-0.1, -0.05) is 0 Å². The van der Waals surface area contributed by atoms with E-state index in [2.05, 4.69) is 4.98 Å². The molecule has 0 aliphatic carbocycles. The van der Waals surface area contributed by atoms with Gasteiger partial charge in [-0.15, -0.1) is 11.3 Å². The predicted octanol–water partition coefficient (Wildman–Crippen LogP) is 2.20. The molecule has 2 N–H and O–H groups in total. The highest BCUT2D eigenvalue weighted by Gasteiger charge is 2.42. The van der Waals surface area contributed by atoms with Crippen LogP contribution in [0.5, 0.6) is 0 Å². The normalized spacial score (nSPS) is 36.0. The van der Waals surface area contributed by atoms with Gasteiger partial charge in [-0.25, -0.2) is 4.98 Å². The van der Waals surface area contributed by atoms with Crippen LogP contribution in [-0.2, 0) is 4.74 Å². The van der Waals surface area contributed by atoms with Crippen molar-refractivity contribution in [3.63, 3.8) is 0 Å². The summed E-state index contributed by atoms with van der Waals surface area (Å²) < 4.78 is 5.84. The van der Waals surface area contributed by atoms with Crippen molar-refractivity contribution in [3.8, 4) is 0 Å². The Kier molecular flexibility index (Phi) is 2.30. The van der Waals surface area contributed by atoms with E-state index in [1.807, 2.05) is 13.1 Å². The summed E-state index contributed by atoms with van der Waals surface area (Å²) in [5.74, 6) is 0.543. The highest BCUT2D eigenvalue weighted by molar-refractivity contribution is 7.11. The topological polar surface area (TPSA) is 48.1 Å². The molecule has 4 heteroatoms. The lowest BCUT2D eigenvalue weighted by atomic mass is 9.90. The van der Waals surface area contributed by atoms with E-state index < -0.39 is 0 Å². The van der Waals surface area contributed by atoms with Crippen LogP contribution in [-0.4, -0.2) is 17.2 Å². The van der Waals surface area contributed by atoms with Crippen LogP contribution in [0.1, 0.15) is 48.0 Å². The van der Waals surface area contributed by atoms with Crippen molar-refractivity contribution in [2.45, 2.75) is 50.4 Å². The minimum Gasteiger partial charge on any atom is -0.374 e. The number of thiazole rings is 1. The molecule has 3 heterocycles. The van der Waals surface area contributed by atoms with Crippen molar-refractivity contribution in [1.82, 2.24) is 4.98 Å². The van der Waals surface area contributed by atoms with Gasteiger partial charge in [0.2, 0.25) is 0 Å². The number of hydrogen-bond donors (Lipinski definition) is 1. The van der Waals surface area contributed by atoms with Gasteiger partial charge < -0.3 is 10.5 Å². The summed E-state index contributed by atoms with van der Waals surface area (Å²) in [6.07, 6.45) is 6.48. The Labute approximate surface area is 93.7 Å². The molecule has 0 amide bonds. The number of fused-ring (bicyclic) bond motifs is 2. The molecule has 2 saturated heterocycles. The van der Waals surface area contributed by atoms with Crippen LogP contribution in [0, 0.1) is 0 Å². The number of rotatable bonds is 2. The lowest BCUT2D eigenvalue weighted by Gasteiger charge is -2.15. The zero-order chi connectivity index (χ0) is 10.4. The van der Waals surface area contributed by atoms with Gasteiger partial charge in [0.05, 0.1) is 17.2 Å². The van der Waals surface area contributed by atoms with Gasteiger partial charge in [0.1, 0.15) is 0 Å². The van der Waals surface area contributed by atoms with Crippen molar-refractivity contribution >= 4 is 11.3 Å². The fourth-order valence-corrected chi connectivity index (χ4v) is 3.62. The summed E-state index contributed by atoms with van der Waals surface area (Å²) >= 11 is 1.76. The molecule has 4 atom stereocenters. The minimum atomic E-state index is 0.107.